The van der Waals surface area contributed by atoms with Crippen LogP contribution in [0.2, 0.25) is 0 Å². The third-order valence-corrected chi connectivity index (χ3v) is 1.70. The van der Waals surface area contributed by atoms with Crippen LogP contribution in [0.15, 0.2) is 0 Å². The van der Waals surface area contributed by atoms with Gasteiger partial charge in [0.2, 0.25) is 5.91 Å². The summed E-state index contributed by atoms with van der Waals surface area (Å²) in [5, 5.41) is 5.62. The van der Waals surface area contributed by atoms with Crippen LogP contribution >= 0.6 is 0 Å². The zero-order chi connectivity index (χ0) is 11.5. The minimum Gasteiger partial charge on any atom is -0.466 e. The van der Waals surface area contributed by atoms with Crippen LogP contribution in [-0.2, 0) is 14.3 Å². The molecule has 0 rings (SSSR count). The van der Waals surface area contributed by atoms with Crippen LogP contribution in [0.25, 0.3) is 0 Å². The van der Waals surface area contributed by atoms with E-state index in [-0.39, 0.29) is 11.9 Å². The Hall–Kier alpha value is -1.10. The van der Waals surface area contributed by atoms with Crippen molar-refractivity contribution in [3.05, 3.63) is 0 Å². The summed E-state index contributed by atoms with van der Waals surface area (Å²) in [6, 6.07) is 0. The quantitative estimate of drug-likeness (QED) is 0.444. The zero-order valence-electron chi connectivity index (χ0n) is 9.47. The smallest absolute Gasteiger partial charge is 0.305 e. The van der Waals surface area contributed by atoms with Gasteiger partial charge in [0.1, 0.15) is 0 Å². The van der Waals surface area contributed by atoms with Gasteiger partial charge >= 0.3 is 5.97 Å². The van der Waals surface area contributed by atoms with Gasteiger partial charge in [0.05, 0.1) is 13.2 Å². The van der Waals surface area contributed by atoms with E-state index in [2.05, 4.69) is 10.6 Å². The van der Waals surface area contributed by atoms with E-state index in [0.29, 0.717) is 39.1 Å². The lowest BCUT2D eigenvalue weighted by atomic mass is 10.3. The van der Waals surface area contributed by atoms with Crippen molar-refractivity contribution in [2.45, 2.75) is 26.7 Å². The second-order valence-corrected chi connectivity index (χ2v) is 3.04. The van der Waals surface area contributed by atoms with Crippen molar-refractivity contribution in [3.63, 3.8) is 0 Å². The number of hydrogen-bond donors (Lipinski definition) is 2. The van der Waals surface area contributed by atoms with Gasteiger partial charge in [-0.05, 0) is 26.8 Å². The average molecular weight is 216 g/mol. The summed E-state index contributed by atoms with van der Waals surface area (Å²) < 4.78 is 4.76. The highest BCUT2D eigenvalue weighted by molar-refractivity contribution is 5.77. The first-order valence-corrected chi connectivity index (χ1v) is 5.33. The van der Waals surface area contributed by atoms with E-state index in [1.54, 1.807) is 6.92 Å². The molecule has 0 saturated heterocycles. The Morgan fingerprint density at radius 1 is 1.27 bits per heavy atom. The number of esters is 1. The monoisotopic (exact) mass is 216 g/mol. The number of hydrogen-bond acceptors (Lipinski definition) is 4. The van der Waals surface area contributed by atoms with Gasteiger partial charge in [-0.25, -0.2) is 0 Å². The summed E-state index contributed by atoms with van der Waals surface area (Å²) in [6.45, 7) is 5.67. The molecule has 0 saturated carbocycles. The van der Waals surface area contributed by atoms with Crippen LogP contribution in [0.3, 0.4) is 0 Å². The van der Waals surface area contributed by atoms with Gasteiger partial charge < -0.3 is 15.4 Å². The molecule has 0 aromatic heterocycles. The van der Waals surface area contributed by atoms with E-state index in [4.69, 9.17) is 4.74 Å². The topological polar surface area (TPSA) is 67.4 Å². The largest absolute Gasteiger partial charge is 0.466 e. The Bertz CT molecular complexity index is 175. The molecule has 0 bridgehead atoms. The van der Waals surface area contributed by atoms with Gasteiger partial charge in [-0.15, -0.1) is 0 Å². The number of amides is 1. The summed E-state index contributed by atoms with van der Waals surface area (Å²) in [5.74, 6) is -0.203. The molecule has 1 amide bonds. The number of carbonyl (C=O) groups is 2. The van der Waals surface area contributed by atoms with Crippen LogP contribution in [0.1, 0.15) is 26.7 Å². The van der Waals surface area contributed by atoms with Gasteiger partial charge in [0.25, 0.3) is 0 Å². The molecule has 0 aromatic rings. The molecule has 0 fully saturated rings. The Balaban J connectivity index is 3.24. The van der Waals surface area contributed by atoms with E-state index in [1.807, 2.05) is 6.92 Å². The summed E-state index contributed by atoms with van der Waals surface area (Å²) in [4.78, 5) is 21.9. The lowest BCUT2D eigenvalue weighted by Crippen LogP contribution is -2.34. The molecule has 88 valence electrons. The van der Waals surface area contributed by atoms with Crippen LogP contribution in [-0.4, -0.2) is 38.1 Å². The average Bonchev–Trinajstić information content (AvgIpc) is 2.18. The Kier molecular flexibility index (Phi) is 8.76. The van der Waals surface area contributed by atoms with Gasteiger partial charge in [-0.2, -0.15) is 0 Å². The number of carbonyl (C=O) groups excluding carboxylic acids is 2. The maximum Gasteiger partial charge on any atom is 0.305 e. The van der Waals surface area contributed by atoms with Crippen molar-refractivity contribution >= 4 is 11.9 Å². The molecule has 0 radical (unpaired) electrons. The van der Waals surface area contributed by atoms with E-state index >= 15 is 0 Å². The SMILES string of the molecule is CCNC(=O)CNCCCC(=O)OCC. The first kappa shape index (κ1) is 13.9. The summed E-state index contributed by atoms with van der Waals surface area (Å²) in [6.07, 6.45) is 1.09. The summed E-state index contributed by atoms with van der Waals surface area (Å²) in [5.41, 5.74) is 0. The predicted octanol–water partition coefficient (Wildman–Crippen LogP) is 0.0554. The van der Waals surface area contributed by atoms with Crippen LogP contribution in [0, 0.1) is 0 Å². The molecular weight excluding hydrogens is 196 g/mol. The second-order valence-electron chi connectivity index (χ2n) is 3.04. The molecule has 0 aliphatic heterocycles. The second kappa shape index (κ2) is 9.45. The van der Waals surface area contributed by atoms with Gasteiger partial charge in [-0.3, -0.25) is 9.59 Å². The van der Waals surface area contributed by atoms with Crippen molar-refractivity contribution in [1.29, 1.82) is 0 Å². The number of ether oxygens (including phenoxy) is 1. The van der Waals surface area contributed by atoms with E-state index < -0.39 is 0 Å². The summed E-state index contributed by atoms with van der Waals surface area (Å²) >= 11 is 0. The van der Waals surface area contributed by atoms with Crippen molar-refractivity contribution in [2.75, 3.05) is 26.2 Å². The van der Waals surface area contributed by atoms with Crippen LogP contribution in [0.4, 0.5) is 0 Å². The number of rotatable bonds is 8. The fourth-order valence-electron chi connectivity index (χ4n) is 1.05. The van der Waals surface area contributed by atoms with Crippen molar-refractivity contribution in [1.82, 2.24) is 10.6 Å². The van der Waals surface area contributed by atoms with Crippen LogP contribution < -0.4 is 10.6 Å². The highest BCUT2D eigenvalue weighted by Gasteiger charge is 2.01. The molecule has 0 aromatic carbocycles. The molecule has 5 nitrogen and oxygen atoms in total. The standard InChI is InChI=1S/C10H20N2O3/c1-3-12-9(13)8-11-7-5-6-10(14)15-4-2/h11H,3-8H2,1-2H3,(H,12,13). The Labute approximate surface area is 90.6 Å². The van der Waals surface area contributed by atoms with Gasteiger partial charge in [0, 0.05) is 13.0 Å². The van der Waals surface area contributed by atoms with Gasteiger partial charge in [-0.1, -0.05) is 0 Å². The molecule has 0 unspecified atom stereocenters. The van der Waals surface area contributed by atoms with E-state index in [1.165, 1.54) is 0 Å². The lowest BCUT2D eigenvalue weighted by molar-refractivity contribution is -0.143. The Morgan fingerprint density at radius 3 is 2.60 bits per heavy atom. The maximum absolute atomic E-state index is 11.0. The normalized spacial score (nSPS) is 9.73. The van der Waals surface area contributed by atoms with Crippen molar-refractivity contribution in [2.24, 2.45) is 0 Å². The molecule has 0 aliphatic carbocycles. The highest BCUT2D eigenvalue weighted by atomic mass is 16.5. The first-order chi connectivity index (χ1) is 7.20. The molecular formula is C10H20N2O3. The minimum atomic E-state index is -0.183. The number of nitrogens with one attached hydrogen (secondary N) is 2. The molecule has 0 heterocycles. The van der Waals surface area contributed by atoms with Gasteiger partial charge in [0.15, 0.2) is 0 Å². The van der Waals surface area contributed by atoms with Crippen LogP contribution in [0.5, 0.6) is 0 Å². The fourth-order valence-corrected chi connectivity index (χ4v) is 1.05. The molecule has 0 atom stereocenters. The zero-order valence-corrected chi connectivity index (χ0v) is 9.47. The van der Waals surface area contributed by atoms with E-state index in [0.717, 1.165) is 0 Å². The molecule has 2 N–H and O–H groups in total. The first-order valence-electron chi connectivity index (χ1n) is 5.33. The minimum absolute atomic E-state index is 0.0198. The molecule has 0 aliphatic rings. The molecule has 0 spiro atoms. The highest BCUT2D eigenvalue weighted by Crippen LogP contribution is 1.90. The molecule has 5 heteroatoms. The predicted molar refractivity (Wildman–Crippen MR) is 57.4 cm³/mol. The number of likely N-dealkylation sites (N-methyl/N-ethyl adjacent to an activating group) is 1. The lowest BCUT2D eigenvalue weighted by Gasteiger charge is -2.04. The summed E-state index contributed by atoms with van der Waals surface area (Å²) in [7, 11) is 0. The fraction of sp³-hybridized carbons (Fsp3) is 0.800. The van der Waals surface area contributed by atoms with E-state index in [9.17, 15) is 9.59 Å². The maximum atomic E-state index is 11.0. The van der Waals surface area contributed by atoms with Crippen molar-refractivity contribution < 1.29 is 14.3 Å². The van der Waals surface area contributed by atoms with Crippen molar-refractivity contribution in [3.8, 4) is 0 Å². The molecule has 15 heavy (non-hydrogen) atoms. The Morgan fingerprint density at radius 2 is 2.00 bits per heavy atom. The third-order valence-electron chi connectivity index (χ3n) is 1.70. The third kappa shape index (κ3) is 9.21.